The Balaban J connectivity index is 1.11. The van der Waals surface area contributed by atoms with Gasteiger partial charge in [-0.05, 0) is 129 Å². The molecule has 63 heavy (non-hydrogen) atoms. The summed E-state index contributed by atoms with van der Waals surface area (Å²) in [6, 6.07) is 73.5. The van der Waals surface area contributed by atoms with Gasteiger partial charge in [-0.2, -0.15) is 0 Å². The fourth-order valence-electron chi connectivity index (χ4n) is 9.22. The van der Waals surface area contributed by atoms with Crippen LogP contribution in [0.2, 0.25) is 0 Å². The SMILES string of the molecule is c1ccc(-c2ccc3c(c2)c2cc(-c4ccccc4)ccc2n3-c2cc(Oc3cc(-c4ccncc4)cc(-c4ccncc4)c3)cc(-n3c4ccccc4c4ccccc43)c2)cc1. The van der Waals surface area contributed by atoms with E-state index in [-0.39, 0.29) is 0 Å². The summed E-state index contributed by atoms with van der Waals surface area (Å²) in [5.41, 5.74) is 15.4. The molecule has 0 unspecified atom stereocenters. The quantitative estimate of drug-likeness (QED) is 0.154. The fourth-order valence-corrected chi connectivity index (χ4v) is 9.22. The van der Waals surface area contributed by atoms with Gasteiger partial charge in [-0.1, -0.05) is 109 Å². The van der Waals surface area contributed by atoms with Gasteiger partial charge in [0.15, 0.2) is 0 Å². The zero-order valence-corrected chi connectivity index (χ0v) is 34.1. The Morgan fingerprint density at radius 2 is 0.667 bits per heavy atom. The highest BCUT2D eigenvalue weighted by molar-refractivity contribution is 6.12. The molecular weight excluding hydrogens is 769 g/mol. The largest absolute Gasteiger partial charge is 0.457 e. The van der Waals surface area contributed by atoms with Gasteiger partial charge in [-0.25, -0.2) is 0 Å². The molecule has 4 heterocycles. The Morgan fingerprint density at radius 1 is 0.270 bits per heavy atom. The van der Waals surface area contributed by atoms with Crippen LogP contribution in [-0.4, -0.2) is 19.1 Å². The second-order valence-electron chi connectivity index (χ2n) is 15.9. The maximum Gasteiger partial charge on any atom is 0.131 e. The maximum atomic E-state index is 7.12. The first-order chi connectivity index (χ1) is 31.2. The third-order valence-electron chi connectivity index (χ3n) is 12.1. The van der Waals surface area contributed by atoms with Crippen molar-refractivity contribution in [3.05, 3.63) is 231 Å². The standard InChI is InChI=1S/C58H38N4O/c1-3-11-39(12-4-1)43-19-21-57-53(34-43)54-35-44(40-13-5-2-6-14-40)20-22-58(54)62(57)48-36-47(61-55-17-9-7-15-51(55)52-16-8-10-18-56(52)61)37-50(38-48)63-49-32-45(41-23-27-59-28-24-41)31-46(33-49)42-25-29-60-30-26-42/h1-38H. The summed E-state index contributed by atoms with van der Waals surface area (Å²) in [6.45, 7) is 0. The third kappa shape index (κ3) is 6.51. The van der Waals surface area contributed by atoms with Crippen LogP contribution in [0.15, 0.2) is 231 Å². The minimum absolute atomic E-state index is 0.716. The molecule has 0 radical (unpaired) electrons. The van der Waals surface area contributed by atoms with Crippen molar-refractivity contribution in [3.8, 4) is 67.4 Å². The lowest BCUT2D eigenvalue weighted by Gasteiger charge is -2.17. The molecule has 8 aromatic carbocycles. The molecule has 296 valence electrons. The number of pyridine rings is 2. The molecule has 0 bridgehead atoms. The van der Waals surface area contributed by atoms with Crippen molar-refractivity contribution in [1.82, 2.24) is 19.1 Å². The van der Waals surface area contributed by atoms with E-state index in [1.165, 1.54) is 43.8 Å². The van der Waals surface area contributed by atoms with Crippen molar-refractivity contribution < 1.29 is 4.74 Å². The van der Waals surface area contributed by atoms with Crippen molar-refractivity contribution in [2.45, 2.75) is 0 Å². The van der Waals surface area contributed by atoms with E-state index in [0.717, 1.165) is 61.4 Å². The van der Waals surface area contributed by atoms with Gasteiger partial charge in [0.1, 0.15) is 11.5 Å². The number of aromatic nitrogens is 4. The van der Waals surface area contributed by atoms with E-state index >= 15 is 0 Å². The van der Waals surface area contributed by atoms with Crippen LogP contribution < -0.4 is 4.74 Å². The first-order valence-electron chi connectivity index (χ1n) is 21.2. The van der Waals surface area contributed by atoms with E-state index in [1.807, 2.05) is 49.1 Å². The topological polar surface area (TPSA) is 44.9 Å². The lowest BCUT2D eigenvalue weighted by molar-refractivity contribution is 0.482. The number of benzene rings is 8. The molecule has 12 rings (SSSR count). The molecule has 4 aromatic heterocycles. The van der Waals surface area contributed by atoms with Crippen LogP contribution in [0.5, 0.6) is 11.5 Å². The van der Waals surface area contributed by atoms with Crippen LogP contribution >= 0.6 is 0 Å². The smallest absolute Gasteiger partial charge is 0.131 e. The molecule has 12 aromatic rings. The molecule has 0 atom stereocenters. The Morgan fingerprint density at radius 3 is 1.14 bits per heavy atom. The molecule has 0 amide bonds. The summed E-state index contributed by atoms with van der Waals surface area (Å²) in [6.07, 6.45) is 7.31. The van der Waals surface area contributed by atoms with Crippen LogP contribution in [0.25, 0.3) is 99.5 Å². The lowest BCUT2D eigenvalue weighted by Crippen LogP contribution is -2.00. The average molecular weight is 807 g/mol. The van der Waals surface area contributed by atoms with Gasteiger partial charge in [0, 0.05) is 58.5 Å². The molecule has 0 spiro atoms. The van der Waals surface area contributed by atoms with Crippen molar-refractivity contribution in [2.24, 2.45) is 0 Å². The third-order valence-corrected chi connectivity index (χ3v) is 12.1. The summed E-state index contributed by atoms with van der Waals surface area (Å²) in [5.74, 6) is 1.44. The van der Waals surface area contributed by atoms with Gasteiger partial charge in [0.2, 0.25) is 0 Å². The predicted molar refractivity (Wildman–Crippen MR) is 259 cm³/mol. The number of nitrogens with zero attached hydrogens (tertiary/aromatic N) is 4. The highest BCUT2D eigenvalue weighted by atomic mass is 16.5. The van der Waals surface area contributed by atoms with E-state index in [2.05, 4.69) is 201 Å². The Bertz CT molecular complexity index is 3430. The predicted octanol–water partition coefficient (Wildman–Crippen LogP) is 15.1. The summed E-state index contributed by atoms with van der Waals surface area (Å²) < 4.78 is 11.9. The monoisotopic (exact) mass is 806 g/mol. The number of para-hydroxylation sites is 2. The number of hydrogen-bond donors (Lipinski definition) is 0. The Hall–Kier alpha value is -8.54. The van der Waals surface area contributed by atoms with Crippen LogP contribution in [0.1, 0.15) is 0 Å². The van der Waals surface area contributed by atoms with E-state index in [4.69, 9.17) is 4.74 Å². The van der Waals surface area contributed by atoms with Gasteiger partial charge >= 0.3 is 0 Å². The summed E-state index contributed by atoms with van der Waals surface area (Å²) in [7, 11) is 0. The van der Waals surface area contributed by atoms with Gasteiger partial charge in [0.05, 0.1) is 33.4 Å². The normalized spacial score (nSPS) is 11.5. The minimum Gasteiger partial charge on any atom is -0.457 e. The van der Waals surface area contributed by atoms with Crippen molar-refractivity contribution in [2.75, 3.05) is 0 Å². The first kappa shape index (κ1) is 36.3. The lowest BCUT2D eigenvalue weighted by atomic mass is 10.00. The van der Waals surface area contributed by atoms with Crippen LogP contribution in [-0.2, 0) is 0 Å². The zero-order valence-electron chi connectivity index (χ0n) is 34.1. The number of ether oxygens (including phenoxy) is 1. The van der Waals surface area contributed by atoms with Gasteiger partial charge in [0.25, 0.3) is 0 Å². The highest BCUT2D eigenvalue weighted by Crippen LogP contribution is 2.41. The van der Waals surface area contributed by atoms with Gasteiger partial charge in [-0.15, -0.1) is 0 Å². The number of fused-ring (bicyclic) bond motifs is 6. The van der Waals surface area contributed by atoms with E-state index < -0.39 is 0 Å². The second kappa shape index (κ2) is 15.2. The van der Waals surface area contributed by atoms with E-state index in [9.17, 15) is 0 Å². The Labute approximate surface area is 364 Å². The molecule has 0 fully saturated rings. The molecule has 0 saturated carbocycles. The molecule has 0 aliphatic rings. The molecule has 0 aliphatic heterocycles. The Kier molecular flexibility index (Phi) is 8.75. The van der Waals surface area contributed by atoms with Crippen molar-refractivity contribution in [3.63, 3.8) is 0 Å². The van der Waals surface area contributed by atoms with Crippen molar-refractivity contribution in [1.29, 1.82) is 0 Å². The van der Waals surface area contributed by atoms with Crippen LogP contribution in [0, 0.1) is 0 Å². The van der Waals surface area contributed by atoms with Gasteiger partial charge < -0.3 is 13.9 Å². The maximum absolute atomic E-state index is 7.12. The summed E-state index contributed by atoms with van der Waals surface area (Å²) in [4.78, 5) is 8.58. The molecule has 0 aliphatic carbocycles. The molecular formula is C58H38N4O. The second-order valence-corrected chi connectivity index (χ2v) is 15.9. The van der Waals surface area contributed by atoms with Gasteiger partial charge in [-0.3, -0.25) is 9.97 Å². The summed E-state index contributed by atoms with van der Waals surface area (Å²) >= 11 is 0. The van der Waals surface area contributed by atoms with Crippen LogP contribution in [0.3, 0.4) is 0 Å². The fraction of sp³-hybridized carbons (Fsp3) is 0. The number of rotatable bonds is 8. The molecule has 5 nitrogen and oxygen atoms in total. The molecule has 0 N–H and O–H groups in total. The van der Waals surface area contributed by atoms with Crippen molar-refractivity contribution >= 4 is 43.6 Å². The molecule has 0 saturated heterocycles. The zero-order chi connectivity index (χ0) is 41.7. The van der Waals surface area contributed by atoms with Crippen LogP contribution in [0.4, 0.5) is 0 Å². The summed E-state index contributed by atoms with van der Waals surface area (Å²) in [5, 5.41) is 4.76. The average Bonchev–Trinajstić information content (AvgIpc) is 3.87. The molecule has 5 heteroatoms. The first-order valence-corrected chi connectivity index (χ1v) is 21.2. The van der Waals surface area contributed by atoms with E-state index in [0.29, 0.717) is 5.75 Å². The minimum atomic E-state index is 0.716. The number of hydrogen-bond acceptors (Lipinski definition) is 3. The highest BCUT2D eigenvalue weighted by Gasteiger charge is 2.19. The van der Waals surface area contributed by atoms with E-state index in [1.54, 1.807) is 0 Å².